The summed E-state index contributed by atoms with van der Waals surface area (Å²) < 4.78 is 38.6. The van der Waals surface area contributed by atoms with Gasteiger partial charge in [-0.3, -0.25) is 0 Å². The van der Waals surface area contributed by atoms with Crippen LogP contribution in [-0.4, -0.2) is 34.5 Å². The molecule has 0 amide bonds. The van der Waals surface area contributed by atoms with E-state index in [1.165, 1.54) is 0 Å². The highest BCUT2D eigenvalue weighted by atomic mass is 32.2. The Morgan fingerprint density at radius 2 is 1.57 bits per heavy atom. The summed E-state index contributed by atoms with van der Waals surface area (Å²) in [6.07, 6.45) is 1.06. The molecule has 0 spiro atoms. The van der Waals surface area contributed by atoms with Gasteiger partial charge in [-0.25, -0.2) is 13.1 Å². The third kappa shape index (κ3) is 6.22. The van der Waals surface area contributed by atoms with Crippen molar-refractivity contribution in [1.29, 1.82) is 0 Å². The van der Waals surface area contributed by atoms with Crippen LogP contribution in [0.25, 0.3) is 0 Å². The molecule has 0 atom stereocenters. The highest BCUT2D eigenvalue weighted by Gasteiger charge is 2.19. The van der Waals surface area contributed by atoms with Crippen molar-refractivity contribution in [2.45, 2.75) is 58.6 Å². The van der Waals surface area contributed by atoms with Gasteiger partial charge in [-0.2, -0.15) is 0 Å². The lowest BCUT2D eigenvalue weighted by Crippen LogP contribution is -2.27. The van der Waals surface area contributed by atoms with Crippen LogP contribution in [0.4, 0.5) is 0 Å². The normalized spacial score (nSPS) is 12.1. The Balaban J connectivity index is 2.63. The van der Waals surface area contributed by atoms with Gasteiger partial charge in [0.15, 0.2) is 6.29 Å². The Morgan fingerprint density at radius 1 is 1.04 bits per heavy atom. The number of aryl methyl sites for hydroxylation is 3. The van der Waals surface area contributed by atoms with Crippen molar-refractivity contribution < 1.29 is 17.9 Å². The van der Waals surface area contributed by atoms with Gasteiger partial charge in [0, 0.05) is 19.8 Å². The first-order chi connectivity index (χ1) is 10.8. The van der Waals surface area contributed by atoms with Crippen molar-refractivity contribution in [2.75, 3.05) is 19.8 Å². The van der Waals surface area contributed by atoms with E-state index in [1.54, 1.807) is 0 Å². The molecule has 23 heavy (non-hydrogen) atoms. The molecule has 0 fully saturated rings. The number of benzene rings is 1. The molecule has 1 aromatic carbocycles. The van der Waals surface area contributed by atoms with E-state index in [0.717, 1.165) is 16.7 Å². The van der Waals surface area contributed by atoms with Crippen molar-refractivity contribution >= 4 is 10.0 Å². The average Bonchev–Trinajstić information content (AvgIpc) is 2.42. The zero-order chi connectivity index (χ0) is 17.5. The quantitative estimate of drug-likeness (QED) is 0.524. The molecule has 0 saturated carbocycles. The van der Waals surface area contributed by atoms with Crippen LogP contribution in [0.3, 0.4) is 0 Å². The molecule has 1 N–H and O–H groups in total. The van der Waals surface area contributed by atoms with Gasteiger partial charge in [-0.1, -0.05) is 17.7 Å². The van der Waals surface area contributed by atoms with Crippen molar-refractivity contribution in [3.63, 3.8) is 0 Å². The molecular formula is C17H29NO4S. The second-order valence-electron chi connectivity index (χ2n) is 5.61. The maximum absolute atomic E-state index is 12.5. The molecule has 0 aliphatic rings. The summed E-state index contributed by atoms with van der Waals surface area (Å²) in [4.78, 5) is 0.384. The molecule has 6 heteroatoms. The molecule has 0 aliphatic carbocycles. The molecule has 1 rings (SSSR count). The summed E-state index contributed by atoms with van der Waals surface area (Å²) in [5, 5.41) is 0. The SMILES string of the molecule is CCOC(CCCNS(=O)(=O)c1c(C)cc(C)cc1C)OCC. The summed E-state index contributed by atoms with van der Waals surface area (Å²) in [6, 6.07) is 3.78. The van der Waals surface area contributed by atoms with Crippen molar-refractivity contribution in [2.24, 2.45) is 0 Å². The molecular weight excluding hydrogens is 314 g/mol. The van der Waals surface area contributed by atoms with E-state index < -0.39 is 10.0 Å². The standard InChI is InChI=1S/C17H29NO4S/c1-6-21-16(22-7-2)9-8-10-18-23(19,20)17-14(4)11-13(3)12-15(17)5/h11-12,16,18H,6-10H2,1-5H3. The Hall–Kier alpha value is -0.950. The van der Waals surface area contributed by atoms with Crippen LogP contribution in [0.1, 0.15) is 43.4 Å². The lowest BCUT2D eigenvalue weighted by molar-refractivity contribution is -0.139. The Bertz CT molecular complexity index is 570. The summed E-state index contributed by atoms with van der Waals surface area (Å²) >= 11 is 0. The molecule has 1 aromatic rings. The van der Waals surface area contributed by atoms with Crippen LogP contribution in [-0.2, 0) is 19.5 Å². The zero-order valence-corrected chi connectivity index (χ0v) is 15.6. The number of sulfonamides is 1. The smallest absolute Gasteiger partial charge is 0.241 e. The first-order valence-corrected chi connectivity index (χ1v) is 9.60. The molecule has 0 saturated heterocycles. The summed E-state index contributed by atoms with van der Waals surface area (Å²) in [6.45, 7) is 11.0. The molecule has 5 nitrogen and oxygen atoms in total. The number of hydrogen-bond donors (Lipinski definition) is 1. The van der Waals surface area contributed by atoms with Gasteiger partial charge in [-0.05, 0) is 58.6 Å². The third-order valence-electron chi connectivity index (χ3n) is 3.49. The van der Waals surface area contributed by atoms with E-state index in [-0.39, 0.29) is 6.29 Å². The summed E-state index contributed by atoms with van der Waals surface area (Å²) in [5.74, 6) is 0. The van der Waals surface area contributed by atoms with E-state index in [0.29, 0.717) is 37.5 Å². The Labute approximate surface area is 140 Å². The number of rotatable bonds is 10. The van der Waals surface area contributed by atoms with Gasteiger partial charge in [0.2, 0.25) is 10.0 Å². The van der Waals surface area contributed by atoms with E-state index in [4.69, 9.17) is 9.47 Å². The fraction of sp³-hybridized carbons (Fsp3) is 0.647. The average molecular weight is 343 g/mol. The van der Waals surface area contributed by atoms with Crippen LogP contribution >= 0.6 is 0 Å². The van der Waals surface area contributed by atoms with Crippen molar-refractivity contribution in [1.82, 2.24) is 4.72 Å². The van der Waals surface area contributed by atoms with Gasteiger partial charge >= 0.3 is 0 Å². The fourth-order valence-electron chi connectivity index (χ4n) is 2.72. The van der Waals surface area contributed by atoms with Crippen LogP contribution in [0.15, 0.2) is 17.0 Å². The van der Waals surface area contributed by atoms with Crippen LogP contribution in [0, 0.1) is 20.8 Å². The minimum absolute atomic E-state index is 0.266. The van der Waals surface area contributed by atoms with Gasteiger partial charge in [0.05, 0.1) is 4.90 Å². The number of nitrogens with one attached hydrogen (secondary N) is 1. The highest BCUT2D eigenvalue weighted by Crippen LogP contribution is 2.21. The molecule has 0 aliphatic heterocycles. The largest absolute Gasteiger partial charge is 0.353 e. The molecule has 0 heterocycles. The summed E-state index contributed by atoms with van der Waals surface area (Å²) in [7, 11) is -3.49. The van der Waals surface area contributed by atoms with E-state index in [1.807, 2.05) is 46.8 Å². The highest BCUT2D eigenvalue weighted by molar-refractivity contribution is 7.89. The molecule has 0 unspecified atom stereocenters. The monoisotopic (exact) mass is 343 g/mol. The van der Waals surface area contributed by atoms with Gasteiger partial charge in [0.1, 0.15) is 0 Å². The maximum Gasteiger partial charge on any atom is 0.241 e. The van der Waals surface area contributed by atoms with Crippen LogP contribution in [0.5, 0.6) is 0 Å². The first kappa shape index (κ1) is 20.1. The minimum Gasteiger partial charge on any atom is -0.353 e. The fourth-order valence-corrected chi connectivity index (χ4v) is 4.25. The van der Waals surface area contributed by atoms with Crippen molar-refractivity contribution in [3.05, 3.63) is 28.8 Å². The third-order valence-corrected chi connectivity index (χ3v) is 5.25. The number of hydrogen-bond acceptors (Lipinski definition) is 4. The van der Waals surface area contributed by atoms with Gasteiger partial charge in [0.25, 0.3) is 0 Å². The summed E-state index contributed by atoms with van der Waals surface area (Å²) in [5.41, 5.74) is 2.61. The second kappa shape index (κ2) is 9.37. The molecule has 0 aromatic heterocycles. The topological polar surface area (TPSA) is 64.6 Å². The predicted octanol–water partition coefficient (Wildman–Crippen LogP) is 3.07. The molecule has 0 radical (unpaired) electrons. The number of ether oxygens (including phenoxy) is 2. The lowest BCUT2D eigenvalue weighted by atomic mass is 10.1. The maximum atomic E-state index is 12.5. The van der Waals surface area contributed by atoms with E-state index in [2.05, 4.69) is 4.72 Å². The van der Waals surface area contributed by atoms with E-state index in [9.17, 15) is 8.42 Å². The van der Waals surface area contributed by atoms with E-state index >= 15 is 0 Å². The van der Waals surface area contributed by atoms with Crippen LogP contribution < -0.4 is 4.72 Å². The van der Waals surface area contributed by atoms with Crippen LogP contribution in [0.2, 0.25) is 0 Å². The van der Waals surface area contributed by atoms with Gasteiger partial charge in [-0.15, -0.1) is 0 Å². The first-order valence-electron chi connectivity index (χ1n) is 8.12. The zero-order valence-electron chi connectivity index (χ0n) is 14.8. The Kier molecular flexibility index (Phi) is 8.19. The predicted molar refractivity (Wildman–Crippen MR) is 92.1 cm³/mol. The molecule has 0 bridgehead atoms. The van der Waals surface area contributed by atoms with Crippen molar-refractivity contribution in [3.8, 4) is 0 Å². The van der Waals surface area contributed by atoms with Gasteiger partial charge < -0.3 is 9.47 Å². The molecule has 132 valence electrons. The second-order valence-corrected chi connectivity index (χ2v) is 7.31. The Morgan fingerprint density at radius 3 is 2.04 bits per heavy atom. The lowest BCUT2D eigenvalue weighted by Gasteiger charge is -2.17. The minimum atomic E-state index is -3.49.